The largest absolute Gasteiger partial charge is 0.457 e. The minimum atomic E-state index is -6.25. The zero-order chi connectivity index (χ0) is 33.6. The van der Waals surface area contributed by atoms with Crippen LogP contribution in [0.5, 0.6) is 23.0 Å². The predicted octanol–water partition coefficient (Wildman–Crippen LogP) is 9.99. The summed E-state index contributed by atoms with van der Waals surface area (Å²) in [5, 5.41) is 0. The van der Waals surface area contributed by atoms with Crippen molar-refractivity contribution >= 4 is 11.4 Å². The van der Waals surface area contributed by atoms with Crippen LogP contribution in [0.15, 0.2) is 84.9 Å². The molecule has 4 nitrogen and oxygen atoms in total. The number of anilines is 2. The molecule has 45 heavy (non-hydrogen) atoms. The van der Waals surface area contributed by atoms with Gasteiger partial charge in [-0.05, 0) is 72.8 Å². The molecule has 0 bridgehead atoms. The van der Waals surface area contributed by atoms with E-state index in [1.165, 1.54) is 0 Å². The minimum Gasteiger partial charge on any atom is -0.457 e. The van der Waals surface area contributed by atoms with Gasteiger partial charge in [0.1, 0.15) is 34.1 Å². The van der Waals surface area contributed by atoms with Crippen LogP contribution in [-0.4, -0.2) is 6.18 Å². The number of halogens is 12. The molecule has 0 heterocycles. The Morgan fingerprint density at radius 2 is 0.800 bits per heavy atom. The van der Waals surface area contributed by atoms with Crippen LogP contribution in [0.3, 0.4) is 0 Å². The molecule has 0 saturated carbocycles. The van der Waals surface area contributed by atoms with Crippen molar-refractivity contribution in [3.8, 4) is 23.0 Å². The van der Waals surface area contributed by atoms with Gasteiger partial charge in [-0.15, -0.1) is 0 Å². The molecule has 0 aliphatic rings. The molecule has 240 valence electrons. The van der Waals surface area contributed by atoms with E-state index in [9.17, 15) is 39.5 Å². The minimum absolute atomic E-state index is 0.262. The monoisotopic (exact) mass is 654 g/mol. The molecule has 4 aromatic rings. The number of hydrogen-bond donors (Lipinski definition) is 2. The fourth-order valence-corrected chi connectivity index (χ4v) is 4.18. The van der Waals surface area contributed by atoms with Gasteiger partial charge in [0.2, 0.25) is 0 Å². The molecule has 0 radical (unpaired) electrons. The number of nitrogens with two attached hydrogens (primary N) is 2. The lowest BCUT2D eigenvalue weighted by molar-refractivity contribution is -0.314. The Bertz CT molecular complexity index is 1670. The Balaban J connectivity index is 1.65. The van der Waals surface area contributed by atoms with Crippen LogP contribution in [0.4, 0.5) is 64.1 Å². The third-order valence-electron chi connectivity index (χ3n) is 6.37. The van der Waals surface area contributed by atoms with Crippen LogP contribution in [-0.2, 0) is 23.9 Å². The van der Waals surface area contributed by atoms with E-state index >= 15 is 13.2 Å². The van der Waals surface area contributed by atoms with Gasteiger partial charge in [-0.2, -0.15) is 48.3 Å². The highest BCUT2D eigenvalue weighted by molar-refractivity contribution is 5.52. The summed E-state index contributed by atoms with van der Waals surface area (Å²) in [6.07, 6.45) is -16.1. The topological polar surface area (TPSA) is 70.5 Å². The maximum atomic E-state index is 15.7. The van der Waals surface area contributed by atoms with Crippen molar-refractivity contribution in [3.63, 3.8) is 0 Å². The smallest absolute Gasteiger partial charge is 0.433 e. The molecular formula is C29H18F12N2O2. The fraction of sp³-hybridized carbons (Fsp3) is 0.172. The molecule has 4 aromatic carbocycles. The SMILES string of the molecule is Nc1ccc(Oc2ccc(C(F)(F)C(F)(c3ccc(Oc4ccc(N)cc4C(F)(F)F)cc3)C(F)(F)F)cc2)c(C(F)(F)F)c1. The molecule has 0 spiro atoms. The molecule has 0 aliphatic heterocycles. The van der Waals surface area contributed by atoms with Crippen molar-refractivity contribution in [2.75, 3.05) is 11.5 Å². The number of rotatable bonds is 7. The Labute approximate surface area is 245 Å². The van der Waals surface area contributed by atoms with Crippen molar-refractivity contribution in [2.24, 2.45) is 0 Å². The summed E-state index contributed by atoms with van der Waals surface area (Å²) in [4.78, 5) is 0. The Morgan fingerprint density at radius 3 is 1.13 bits per heavy atom. The normalized spacial score (nSPS) is 14.1. The van der Waals surface area contributed by atoms with Crippen molar-refractivity contribution in [1.82, 2.24) is 0 Å². The standard InChI is InChI=1S/C29H18F12N2O2/c30-25(29(39,40)41,15-1-7-19(8-2-15)44-23-11-5-17(42)13-21(23)27(33,34)35)26(31,32)16-3-9-20(10-4-16)45-24-12-6-18(43)14-22(24)28(36,37)38/h1-14H,42-43H2. The quantitative estimate of drug-likeness (QED) is 0.154. The van der Waals surface area contributed by atoms with E-state index in [1.54, 1.807) is 0 Å². The lowest BCUT2D eigenvalue weighted by atomic mass is 9.84. The van der Waals surface area contributed by atoms with Gasteiger partial charge in [0.15, 0.2) is 0 Å². The molecule has 0 amide bonds. The maximum Gasteiger partial charge on any atom is 0.433 e. The van der Waals surface area contributed by atoms with Crippen molar-refractivity contribution in [2.45, 2.75) is 30.1 Å². The second kappa shape index (κ2) is 11.3. The highest BCUT2D eigenvalue weighted by atomic mass is 19.4. The van der Waals surface area contributed by atoms with E-state index < -0.39 is 75.4 Å². The summed E-state index contributed by atoms with van der Waals surface area (Å²) >= 11 is 0. The maximum absolute atomic E-state index is 15.7. The first-order valence-electron chi connectivity index (χ1n) is 12.3. The van der Waals surface area contributed by atoms with E-state index in [4.69, 9.17) is 20.9 Å². The highest BCUT2D eigenvalue weighted by Gasteiger charge is 2.72. The number of hydrogen-bond acceptors (Lipinski definition) is 4. The van der Waals surface area contributed by atoms with Gasteiger partial charge in [-0.1, -0.05) is 12.1 Å². The third kappa shape index (κ3) is 6.54. The summed E-state index contributed by atoms with van der Waals surface area (Å²) in [6.45, 7) is 0. The van der Waals surface area contributed by atoms with Gasteiger partial charge in [-0.25, -0.2) is 4.39 Å². The molecule has 0 aliphatic carbocycles. The first-order valence-corrected chi connectivity index (χ1v) is 12.3. The van der Waals surface area contributed by atoms with E-state index in [-0.39, 0.29) is 23.5 Å². The molecule has 4 N–H and O–H groups in total. The second-order valence-electron chi connectivity index (χ2n) is 9.49. The zero-order valence-corrected chi connectivity index (χ0v) is 22.1. The summed E-state index contributed by atoms with van der Waals surface area (Å²) in [6, 6.07) is 8.34. The molecule has 1 atom stereocenters. The number of nitrogen functional groups attached to an aromatic ring is 2. The van der Waals surface area contributed by atoms with Gasteiger partial charge in [-0.3, -0.25) is 0 Å². The summed E-state index contributed by atoms with van der Waals surface area (Å²) < 4.78 is 179. The Hall–Kier alpha value is -4.76. The van der Waals surface area contributed by atoms with Gasteiger partial charge < -0.3 is 20.9 Å². The van der Waals surface area contributed by atoms with Crippen LogP contribution in [0.1, 0.15) is 22.3 Å². The lowest BCUT2D eigenvalue weighted by Crippen LogP contribution is -2.51. The first kappa shape index (κ1) is 33.1. The number of ether oxygens (including phenoxy) is 2. The van der Waals surface area contributed by atoms with E-state index in [2.05, 4.69) is 0 Å². The molecule has 1 unspecified atom stereocenters. The summed E-state index contributed by atoms with van der Waals surface area (Å²) in [5.41, 5.74) is -1.05. The third-order valence-corrected chi connectivity index (χ3v) is 6.37. The molecule has 16 heteroatoms. The van der Waals surface area contributed by atoms with E-state index in [0.717, 1.165) is 24.3 Å². The van der Waals surface area contributed by atoms with Crippen LogP contribution in [0.2, 0.25) is 0 Å². The van der Waals surface area contributed by atoms with Gasteiger partial charge in [0.25, 0.3) is 5.67 Å². The van der Waals surface area contributed by atoms with E-state index in [0.29, 0.717) is 48.5 Å². The van der Waals surface area contributed by atoms with Crippen molar-refractivity contribution in [3.05, 3.63) is 107 Å². The predicted molar refractivity (Wildman–Crippen MR) is 137 cm³/mol. The lowest BCUT2D eigenvalue weighted by Gasteiger charge is -2.35. The molecular weight excluding hydrogens is 636 g/mol. The van der Waals surface area contributed by atoms with Crippen LogP contribution >= 0.6 is 0 Å². The molecule has 0 saturated heterocycles. The first-order chi connectivity index (χ1) is 20.6. The van der Waals surface area contributed by atoms with Gasteiger partial charge in [0, 0.05) is 22.5 Å². The zero-order valence-electron chi connectivity index (χ0n) is 22.1. The summed E-state index contributed by atoms with van der Waals surface area (Å²) in [7, 11) is 0. The average Bonchev–Trinajstić information content (AvgIpc) is 2.93. The van der Waals surface area contributed by atoms with Gasteiger partial charge in [0.05, 0.1) is 0 Å². The average molecular weight is 654 g/mol. The van der Waals surface area contributed by atoms with Crippen LogP contribution < -0.4 is 20.9 Å². The van der Waals surface area contributed by atoms with Crippen molar-refractivity contribution in [1.29, 1.82) is 0 Å². The number of benzene rings is 4. The molecule has 0 fully saturated rings. The fourth-order valence-electron chi connectivity index (χ4n) is 4.18. The second-order valence-corrected chi connectivity index (χ2v) is 9.49. The van der Waals surface area contributed by atoms with Crippen molar-refractivity contribution < 1.29 is 62.2 Å². The van der Waals surface area contributed by atoms with Crippen LogP contribution in [0.25, 0.3) is 0 Å². The van der Waals surface area contributed by atoms with Gasteiger partial charge >= 0.3 is 24.5 Å². The summed E-state index contributed by atoms with van der Waals surface area (Å²) in [5.74, 6) is -8.02. The number of alkyl halides is 12. The Morgan fingerprint density at radius 1 is 0.444 bits per heavy atom. The molecule has 0 aromatic heterocycles. The Kier molecular flexibility index (Phi) is 8.33. The highest BCUT2D eigenvalue weighted by Crippen LogP contribution is 2.57. The molecule has 4 rings (SSSR count). The van der Waals surface area contributed by atoms with E-state index in [1.807, 2.05) is 0 Å². The van der Waals surface area contributed by atoms with Crippen LogP contribution in [0, 0.1) is 0 Å².